The second-order valence-electron chi connectivity index (χ2n) is 3.75. The molecule has 0 saturated heterocycles. The van der Waals surface area contributed by atoms with Crippen LogP contribution in [0.2, 0.25) is 0 Å². The number of hydrogen-bond acceptors (Lipinski definition) is 5. The quantitative estimate of drug-likeness (QED) is 0.703. The Morgan fingerprint density at radius 2 is 2.05 bits per heavy atom. The third-order valence-corrected chi connectivity index (χ3v) is 3.41. The summed E-state index contributed by atoms with van der Waals surface area (Å²) in [6, 6.07) is 5.71. The first-order valence-corrected chi connectivity index (χ1v) is 7.01. The Morgan fingerprint density at radius 3 is 2.68 bits per heavy atom. The second-order valence-corrected chi connectivity index (χ2v) is 4.92. The Bertz CT molecular complexity index is 413. The van der Waals surface area contributed by atoms with E-state index in [1.807, 2.05) is 18.2 Å². The van der Waals surface area contributed by atoms with Gasteiger partial charge in [0.2, 0.25) is 5.91 Å². The van der Waals surface area contributed by atoms with Gasteiger partial charge in [-0.2, -0.15) is 0 Å². The van der Waals surface area contributed by atoms with Crippen LogP contribution in [0.4, 0.5) is 0 Å². The summed E-state index contributed by atoms with van der Waals surface area (Å²) in [5, 5.41) is 2.74. The fourth-order valence-corrected chi connectivity index (χ4v) is 2.35. The molecule has 6 heteroatoms. The Labute approximate surface area is 117 Å². The summed E-state index contributed by atoms with van der Waals surface area (Å²) < 4.78 is 10.4. The van der Waals surface area contributed by atoms with E-state index < -0.39 is 0 Å². The summed E-state index contributed by atoms with van der Waals surface area (Å²) in [4.78, 5) is 12.4. The smallest absolute Gasteiger partial charge is 0.220 e. The molecular weight excluding hydrogens is 264 g/mol. The van der Waals surface area contributed by atoms with E-state index in [1.54, 1.807) is 26.0 Å². The molecule has 19 heavy (non-hydrogen) atoms. The largest absolute Gasteiger partial charge is 0.493 e. The lowest BCUT2D eigenvalue weighted by Gasteiger charge is -2.09. The van der Waals surface area contributed by atoms with Gasteiger partial charge in [-0.3, -0.25) is 4.79 Å². The molecule has 0 aliphatic rings. The number of amides is 1. The first kappa shape index (κ1) is 15.7. The fraction of sp³-hybridized carbons (Fsp3) is 0.462. The first-order chi connectivity index (χ1) is 9.21. The van der Waals surface area contributed by atoms with Crippen LogP contribution >= 0.6 is 11.8 Å². The van der Waals surface area contributed by atoms with E-state index in [0.29, 0.717) is 36.8 Å². The van der Waals surface area contributed by atoms with Crippen molar-refractivity contribution in [2.24, 2.45) is 5.73 Å². The number of nitrogens with two attached hydrogens (primary N) is 1. The van der Waals surface area contributed by atoms with Gasteiger partial charge in [0.1, 0.15) is 0 Å². The highest BCUT2D eigenvalue weighted by molar-refractivity contribution is 7.99. The van der Waals surface area contributed by atoms with Crippen LogP contribution < -0.4 is 20.5 Å². The van der Waals surface area contributed by atoms with Crippen molar-refractivity contribution in [3.63, 3.8) is 0 Å². The predicted octanol–water partition coefficient (Wildman–Crippen LogP) is 1.26. The Kier molecular flexibility index (Phi) is 7.14. The zero-order valence-electron chi connectivity index (χ0n) is 11.3. The summed E-state index contributed by atoms with van der Waals surface area (Å²) >= 11 is 1.60. The highest BCUT2D eigenvalue weighted by Gasteiger charge is 2.06. The molecule has 0 fully saturated rings. The van der Waals surface area contributed by atoms with Crippen LogP contribution in [-0.2, 0) is 4.79 Å². The molecule has 0 unspecified atom stereocenters. The highest BCUT2D eigenvalue weighted by Crippen LogP contribution is 2.31. The lowest BCUT2D eigenvalue weighted by atomic mass is 10.3. The number of carbonyl (C=O) groups is 1. The van der Waals surface area contributed by atoms with Crippen LogP contribution in [0.3, 0.4) is 0 Å². The van der Waals surface area contributed by atoms with Gasteiger partial charge in [-0.1, -0.05) is 0 Å². The minimum Gasteiger partial charge on any atom is -0.493 e. The average molecular weight is 284 g/mol. The minimum absolute atomic E-state index is 0.0263. The van der Waals surface area contributed by atoms with Crippen LogP contribution in [0.5, 0.6) is 11.5 Å². The van der Waals surface area contributed by atoms with Gasteiger partial charge in [-0.15, -0.1) is 11.8 Å². The molecule has 0 aromatic heterocycles. The standard InChI is InChI=1S/C13H20N2O3S/c1-17-11-4-3-10(9-12(11)18-2)19-8-5-13(16)15-7-6-14/h3-4,9H,5-8,14H2,1-2H3,(H,15,16). The monoisotopic (exact) mass is 284 g/mol. The van der Waals surface area contributed by atoms with Crippen LogP contribution in [0, 0.1) is 0 Å². The number of methoxy groups -OCH3 is 2. The normalized spacial score (nSPS) is 10.1. The zero-order chi connectivity index (χ0) is 14.1. The van der Waals surface area contributed by atoms with E-state index in [0.717, 1.165) is 4.90 Å². The number of nitrogens with one attached hydrogen (secondary N) is 1. The molecule has 1 rings (SSSR count). The van der Waals surface area contributed by atoms with Gasteiger partial charge >= 0.3 is 0 Å². The molecule has 0 saturated carbocycles. The van der Waals surface area contributed by atoms with Crippen molar-refractivity contribution in [1.82, 2.24) is 5.32 Å². The summed E-state index contributed by atoms with van der Waals surface area (Å²) in [5.74, 6) is 2.14. The van der Waals surface area contributed by atoms with Gasteiger partial charge < -0.3 is 20.5 Å². The molecule has 0 atom stereocenters. The second kappa shape index (κ2) is 8.66. The minimum atomic E-state index is 0.0263. The van der Waals surface area contributed by atoms with E-state index in [-0.39, 0.29) is 5.91 Å². The molecule has 0 heterocycles. The summed E-state index contributed by atoms with van der Waals surface area (Å²) in [7, 11) is 3.21. The van der Waals surface area contributed by atoms with Crippen LogP contribution in [-0.4, -0.2) is 39.0 Å². The number of ether oxygens (including phenoxy) is 2. The topological polar surface area (TPSA) is 73.6 Å². The third kappa shape index (κ3) is 5.40. The van der Waals surface area contributed by atoms with Crippen molar-refractivity contribution < 1.29 is 14.3 Å². The van der Waals surface area contributed by atoms with Crippen LogP contribution in [0.1, 0.15) is 6.42 Å². The van der Waals surface area contributed by atoms with Gasteiger partial charge in [0.25, 0.3) is 0 Å². The third-order valence-electron chi connectivity index (χ3n) is 2.42. The molecule has 5 nitrogen and oxygen atoms in total. The molecule has 3 N–H and O–H groups in total. The van der Waals surface area contributed by atoms with Crippen molar-refractivity contribution in [2.75, 3.05) is 33.1 Å². The number of hydrogen-bond donors (Lipinski definition) is 2. The molecule has 106 valence electrons. The molecule has 1 aromatic carbocycles. The number of rotatable bonds is 8. The fourth-order valence-electron chi connectivity index (χ4n) is 1.47. The van der Waals surface area contributed by atoms with Gasteiger partial charge in [-0.05, 0) is 18.2 Å². The van der Waals surface area contributed by atoms with Crippen molar-refractivity contribution in [3.05, 3.63) is 18.2 Å². The Hall–Kier alpha value is -1.40. The molecule has 0 aliphatic carbocycles. The zero-order valence-corrected chi connectivity index (χ0v) is 12.1. The molecule has 0 bridgehead atoms. The van der Waals surface area contributed by atoms with Crippen LogP contribution in [0.15, 0.2) is 23.1 Å². The predicted molar refractivity (Wildman–Crippen MR) is 77.0 cm³/mol. The maximum atomic E-state index is 11.4. The summed E-state index contributed by atoms with van der Waals surface area (Å²) in [5.41, 5.74) is 5.31. The maximum absolute atomic E-state index is 11.4. The summed E-state index contributed by atoms with van der Waals surface area (Å²) in [6.07, 6.45) is 0.471. The number of benzene rings is 1. The Balaban J connectivity index is 2.43. The molecule has 0 radical (unpaired) electrons. The van der Waals surface area contributed by atoms with Gasteiger partial charge in [0, 0.05) is 30.2 Å². The van der Waals surface area contributed by atoms with Crippen molar-refractivity contribution in [2.45, 2.75) is 11.3 Å². The van der Waals surface area contributed by atoms with Crippen molar-refractivity contribution in [1.29, 1.82) is 0 Å². The van der Waals surface area contributed by atoms with E-state index in [2.05, 4.69) is 5.32 Å². The first-order valence-electron chi connectivity index (χ1n) is 6.03. The number of thioether (sulfide) groups is 1. The van der Waals surface area contributed by atoms with Crippen LogP contribution in [0.25, 0.3) is 0 Å². The van der Waals surface area contributed by atoms with E-state index >= 15 is 0 Å². The Morgan fingerprint density at radius 1 is 1.32 bits per heavy atom. The van der Waals surface area contributed by atoms with E-state index in [1.165, 1.54) is 0 Å². The molecule has 1 aromatic rings. The lowest BCUT2D eigenvalue weighted by molar-refractivity contribution is -0.120. The van der Waals surface area contributed by atoms with E-state index in [9.17, 15) is 4.79 Å². The molecule has 0 spiro atoms. The average Bonchev–Trinajstić information content (AvgIpc) is 2.44. The van der Waals surface area contributed by atoms with Gasteiger partial charge in [0.05, 0.1) is 14.2 Å². The number of carbonyl (C=O) groups excluding carboxylic acids is 1. The molecule has 0 aliphatic heterocycles. The lowest BCUT2D eigenvalue weighted by Crippen LogP contribution is -2.29. The summed E-state index contributed by atoms with van der Waals surface area (Å²) in [6.45, 7) is 0.994. The maximum Gasteiger partial charge on any atom is 0.220 e. The molecule has 1 amide bonds. The SMILES string of the molecule is COc1ccc(SCCC(=O)NCCN)cc1OC. The van der Waals surface area contributed by atoms with Gasteiger partial charge in [0.15, 0.2) is 11.5 Å². The molecular formula is C13H20N2O3S. The highest BCUT2D eigenvalue weighted by atomic mass is 32.2. The van der Waals surface area contributed by atoms with E-state index in [4.69, 9.17) is 15.2 Å². The van der Waals surface area contributed by atoms with Gasteiger partial charge in [-0.25, -0.2) is 0 Å². The van der Waals surface area contributed by atoms with Crippen molar-refractivity contribution >= 4 is 17.7 Å². The van der Waals surface area contributed by atoms with Crippen molar-refractivity contribution in [3.8, 4) is 11.5 Å².